The van der Waals surface area contributed by atoms with Crippen LogP contribution in [0.5, 0.6) is 0 Å². The van der Waals surface area contributed by atoms with Crippen molar-refractivity contribution < 1.29 is 19.1 Å². The van der Waals surface area contributed by atoms with E-state index in [2.05, 4.69) is 4.98 Å². The van der Waals surface area contributed by atoms with Crippen molar-refractivity contribution in [2.24, 2.45) is 0 Å². The lowest BCUT2D eigenvalue weighted by Crippen LogP contribution is -2.30. The SMILES string of the molecule is Cc1ccccc1N1C(=O)C(=O)/C(=C(/O)c2c[nH]c3ccccc23)C1c1ccccc1F. The average molecular weight is 426 g/mol. The molecule has 1 saturated heterocycles. The molecule has 2 heterocycles. The minimum atomic E-state index is -1.11. The Kier molecular flexibility index (Phi) is 4.63. The molecule has 1 aromatic heterocycles. The van der Waals surface area contributed by atoms with Gasteiger partial charge in [0.2, 0.25) is 0 Å². The third-order valence-corrected chi connectivity index (χ3v) is 5.86. The standard InChI is InChI=1S/C26H19FN2O3/c1-15-8-2-7-13-21(15)29-23(17-10-3-5-11-19(17)27)22(25(31)26(29)32)24(30)18-14-28-20-12-6-4-9-16(18)20/h2-14,23,28,30H,1H3/b24-22+. The molecule has 158 valence electrons. The fourth-order valence-corrected chi connectivity index (χ4v) is 4.32. The summed E-state index contributed by atoms with van der Waals surface area (Å²) < 4.78 is 15.0. The number of nitrogens with one attached hydrogen (secondary N) is 1. The van der Waals surface area contributed by atoms with E-state index in [0.29, 0.717) is 16.6 Å². The van der Waals surface area contributed by atoms with E-state index in [4.69, 9.17) is 0 Å². The number of anilines is 1. The smallest absolute Gasteiger partial charge is 0.300 e. The predicted octanol–water partition coefficient (Wildman–Crippen LogP) is 5.24. The highest BCUT2D eigenvalue weighted by Crippen LogP contribution is 2.44. The molecule has 1 unspecified atom stereocenters. The van der Waals surface area contributed by atoms with Gasteiger partial charge in [-0.2, -0.15) is 0 Å². The van der Waals surface area contributed by atoms with Crippen LogP contribution in [0.15, 0.2) is 84.6 Å². The van der Waals surface area contributed by atoms with Gasteiger partial charge >= 0.3 is 0 Å². The molecule has 0 spiro atoms. The van der Waals surface area contributed by atoms with Crippen LogP contribution in [0.3, 0.4) is 0 Å². The molecule has 2 N–H and O–H groups in total. The monoisotopic (exact) mass is 426 g/mol. The lowest BCUT2D eigenvalue weighted by atomic mass is 9.94. The van der Waals surface area contributed by atoms with E-state index >= 15 is 0 Å². The zero-order valence-corrected chi connectivity index (χ0v) is 17.2. The number of halogens is 1. The molecule has 0 aliphatic carbocycles. The quantitative estimate of drug-likeness (QED) is 0.267. The molecule has 4 aromatic rings. The Morgan fingerprint density at radius 3 is 2.44 bits per heavy atom. The van der Waals surface area contributed by atoms with Crippen molar-refractivity contribution >= 4 is 34.0 Å². The van der Waals surface area contributed by atoms with Gasteiger partial charge in [0.05, 0.1) is 11.6 Å². The normalized spacial score (nSPS) is 17.9. The van der Waals surface area contributed by atoms with Crippen molar-refractivity contribution in [1.82, 2.24) is 4.98 Å². The van der Waals surface area contributed by atoms with E-state index in [-0.39, 0.29) is 16.9 Å². The molecule has 1 aliphatic rings. The number of aliphatic hydroxyl groups excluding tert-OH is 1. The molecule has 5 nitrogen and oxygen atoms in total. The second kappa shape index (κ2) is 7.50. The minimum absolute atomic E-state index is 0.136. The van der Waals surface area contributed by atoms with Crippen molar-refractivity contribution in [3.63, 3.8) is 0 Å². The Balaban J connectivity index is 1.80. The van der Waals surface area contributed by atoms with Crippen molar-refractivity contribution in [2.45, 2.75) is 13.0 Å². The van der Waals surface area contributed by atoms with Crippen molar-refractivity contribution in [1.29, 1.82) is 0 Å². The van der Waals surface area contributed by atoms with E-state index in [1.807, 2.05) is 37.3 Å². The molecule has 1 atom stereocenters. The predicted molar refractivity (Wildman–Crippen MR) is 121 cm³/mol. The second-order valence-corrected chi connectivity index (χ2v) is 7.73. The number of hydrogen-bond acceptors (Lipinski definition) is 3. The van der Waals surface area contributed by atoms with Crippen LogP contribution in [0.4, 0.5) is 10.1 Å². The van der Waals surface area contributed by atoms with E-state index in [0.717, 1.165) is 11.1 Å². The lowest BCUT2D eigenvalue weighted by molar-refractivity contribution is -0.132. The molecule has 0 bridgehead atoms. The molecular formula is C26H19FN2O3. The highest BCUT2D eigenvalue weighted by molar-refractivity contribution is 6.52. The highest BCUT2D eigenvalue weighted by atomic mass is 19.1. The number of carbonyl (C=O) groups excluding carboxylic acids is 2. The van der Waals surface area contributed by atoms with Gasteiger partial charge in [-0.1, -0.05) is 54.6 Å². The number of amides is 1. The Bertz CT molecular complexity index is 1420. The first-order chi connectivity index (χ1) is 15.5. The van der Waals surface area contributed by atoms with Gasteiger partial charge < -0.3 is 10.1 Å². The van der Waals surface area contributed by atoms with Gasteiger partial charge in [0, 0.05) is 33.9 Å². The second-order valence-electron chi connectivity index (χ2n) is 7.73. The van der Waals surface area contributed by atoms with Crippen LogP contribution >= 0.6 is 0 Å². The molecular weight excluding hydrogens is 407 g/mol. The third-order valence-electron chi connectivity index (χ3n) is 5.86. The molecule has 3 aromatic carbocycles. The summed E-state index contributed by atoms with van der Waals surface area (Å²) in [5, 5.41) is 12.0. The lowest BCUT2D eigenvalue weighted by Gasteiger charge is -2.27. The van der Waals surface area contributed by atoms with Crippen LogP contribution < -0.4 is 4.90 Å². The molecule has 32 heavy (non-hydrogen) atoms. The molecule has 6 heteroatoms. The molecule has 1 fully saturated rings. The van der Waals surface area contributed by atoms with Gasteiger partial charge in [0.1, 0.15) is 11.6 Å². The zero-order valence-electron chi connectivity index (χ0n) is 17.2. The van der Waals surface area contributed by atoms with Gasteiger partial charge in [-0.15, -0.1) is 0 Å². The fourth-order valence-electron chi connectivity index (χ4n) is 4.32. The maximum Gasteiger partial charge on any atom is 0.300 e. The van der Waals surface area contributed by atoms with Crippen LogP contribution in [0.1, 0.15) is 22.7 Å². The Hall–Kier alpha value is -4.19. The average Bonchev–Trinajstić information content (AvgIpc) is 3.34. The summed E-state index contributed by atoms with van der Waals surface area (Å²) in [5.74, 6) is -2.58. The van der Waals surface area contributed by atoms with Crippen molar-refractivity contribution in [3.05, 3.63) is 107 Å². The summed E-state index contributed by atoms with van der Waals surface area (Å²) in [7, 11) is 0. The summed E-state index contributed by atoms with van der Waals surface area (Å²) in [5.41, 5.74) is 2.38. The summed E-state index contributed by atoms with van der Waals surface area (Å²) in [6, 6.07) is 19.3. The number of hydrogen-bond donors (Lipinski definition) is 2. The number of rotatable bonds is 3. The summed E-state index contributed by atoms with van der Waals surface area (Å²) in [6.07, 6.45) is 1.58. The number of ketones is 1. The van der Waals surface area contributed by atoms with Crippen LogP contribution in [0.2, 0.25) is 0 Å². The van der Waals surface area contributed by atoms with Gasteiger partial charge in [-0.05, 0) is 30.7 Å². The van der Waals surface area contributed by atoms with Crippen LogP contribution in [0.25, 0.3) is 16.7 Å². The number of benzene rings is 3. The number of aromatic nitrogens is 1. The molecule has 0 radical (unpaired) electrons. The fraction of sp³-hybridized carbons (Fsp3) is 0.0769. The maximum absolute atomic E-state index is 15.0. The zero-order chi connectivity index (χ0) is 22.4. The number of aliphatic hydroxyl groups is 1. The number of aryl methyl sites for hydroxylation is 1. The molecule has 5 rings (SSSR count). The molecule has 1 aliphatic heterocycles. The Labute approximate surface area is 183 Å². The number of fused-ring (bicyclic) bond motifs is 1. The first-order valence-corrected chi connectivity index (χ1v) is 10.2. The van der Waals surface area contributed by atoms with E-state index in [9.17, 15) is 19.1 Å². The van der Waals surface area contributed by atoms with Crippen LogP contribution in [0, 0.1) is 12.7 Å². The van der Waals surface area contributed by atoms with E-state index < -0.39 is 23.5 Å². The Morgan fingerprint density at radius 2 is 1.66 bits per heavy atom. The molecule has 1 amide bonds. The number of carbonyl (C=O) groups is 2. The third kappa shape index (κ3) is 2.92. The van der Waals surface area contributed by atoms with Gasteiger partial charge in [-0.25, -0.2) is 4.39 Å². The largest absolute Gasteiger partial charge is 0.507 e. The minimum Gasteiger partial charge on any atom is -0.507 e. The first-order valence-electron chi connectivity index (χ1n) is 10.2. The summed E-state index contributed by atoms with van der Waals surface area (Å²) >= 11 is 0. The van der Waals surface area contributed by atoms with Gasteiger partial charge in [0.25, 0.3) is 11.7 Å². The highest BCUT2D eigenvalue weighted by Gasteiger charge is 2.48. The number of H-pyrrole nitrogens is 1. The maximum atomic E-state index is 15.0. The number of nitrogens with zero attached hydrogens (tertiary/aromatic N) is 1. The van der Waals surface area contributed by atoms with Crippen LogP contribution in [-0.4, -0.2) is 21.8 Å². The number of para-hydroxylation sites is 2. The summed E-state index contributed by atoms with van der Waals surface area (Å²) in [4.78, 5) is 30.8. The Morgan fingerprint density at radius 1 is 0.969 bits per heavy atom. The number of Topliss-reactive ketones (excluding diaryl/α,β-unsaturated/α-hetero) is 1. The first kappa shape index (κ1) is 19.8. The summed E-state index contributed by atoms with van der Waals surface area (Å²) in [6.45, 7) is 1.81. The number of aromatic amines is 1. The van der Waals surface area contributed by atoms with E-state index in [1.54, 1.807) is 36.5 Å². The van der Waals surface area contributed by atoms with Crippen LogP contribution in [-0.2, 0) is 9.59 Å². The van der Waals surface area contributed by atoms with Gasteiger partial charge in [0.15, 0.2) is 0 Å². The molecule has 0 saturated carbocycles. The van der Waals surface area contributed by atoms with Crippen molar-refractivity contribution in [2.75, 3.05) is 4.90 Å². The van der Waals surface area contributed by atoms with E-state index in [1.165, 1.54) is 17.0 Å². The topological polar surface area (TPSA) is 73.4 Å². The van der Waals surface area contributed by atoms with Gasteiger partial charge in [-0.3, -0.25) is 14.5 Å². The van der Waals surface area contributed by atoms with Crippen molar-refractivity contribution in [3.8, 4) is 0 Å².